The first-order valence-electron chi connectivity index (χ1n) is 7.44. The number of alkyl halides is 2. The Morgan fingerprint density at radius 3 is 2.56 bits per heavy atom. The van der Waals surface area contributed by atoms with Gasteiger partial charge in [0.25, 0.3) is 5.56 Å². The molecule has 9 heteroatoms. The zero-order valence-electron chi connectivity index (χ0n) is 12.8. The van der Waals surface area contributed by atoms with Crippen LogP contribution in [0.4, 0.5) is 8.78 Å². The summed E-state index contributed by atoms with van der Waals surface area (Å²) >= 11 is 0. The smallest absolute Gasteiger partial charge is 0.338 e. The summed E-state index contributed by atoms with van der Waals surface area (Å²) in [6.07, 6.45) is -6.15. The Morgan fingerprint density at radius 2 is 1.88 bits per heavy atom. The van der Waals surface area contributed by atoms with E-state index in [2.05, 4.69) is 0 Å². The van der Waals surface area contributed by atoms with E-state index in [4.69, 9.17) is 9.47 Å². The zero-order chi connectivity index (χ0) is 18.0. The Bertz CT molecular complexity index is 867. The third-order valence-electron chi connectivity index (χ3n) is 3.76. The quantitative estimate of drug-likeness (QED) is 0.828. The van der Waals surface area contributed by atoms with E-state index in [9.17, 15) is 23.2 Å². The lowest BCUT2D eigenvalue weighted by molar-refractivity contribution is -0.0501. The Kier molecular flexibility index (Phi) is 4.75. The van der Waals surface area contributed by atoms with Crippen LogP contribution in [0.2, 0.25) is 0 Å². The largest absolute Gasteiger partial charge is 0.459 e. The number of halogens is 2. The molecule has 0 bridgehead atoms. The number of rotatable bonds is 4. The maximum Gasteiger partial charge on any atom is 0.338 e. The lowest BCUT2D eigenvalue weighted by Crippen LogP contribution is -2.34. The second-order valence-electron chi connectivity index (χ2n) is 5.44. The third-order valence-corrected chi connectivity index (χ3v) is 3.76. The van der Waals surface area contributed by atoms with Gasteiger partial charge in [-0.1, -0.05) is 18.2 Å². The highest BCUT2D eigenvalue weighted by molar-refractivity contribution is 5.89. The number of esters is 1. The van der Waals surface area contributed by atoms with E-state index >= 15 is 0 Å². The molecule has 0 amide bonds. The first-order chi connectivity index (χ1) is 12.0. The van der Waals surface area contributed by atoms with Crippen LogP contribution in [0.15, 0.2) is 52.2 Å². The van der Waals surface area contributed by atoms with Crippen molar-refractivity contribution in [3.05, 3.63) is 69.0 Å². The minimum absolute atomic E-state index is 0.265. The summed E-state index contributed by atoms with van der Waals surface area (Å²) in [7, 11) is 0. The standard InChI is InChI=1S/C16H14F2N2O5/c17-12-10(8-24-15(22)9-4-2-1-3-5-9)25-14(13(12)18)20-7-6-11(21)19-16(20)23/h1-7,10,12-14H,8H2,(H,19,21,23)/t10-,12+,13+,14-/m1/s1. The molecule has 1 aromatic heterocycles. The molecule has 3 rings (SSSR count). The van der Waals surface area contributed by atoms with Gasteiger partial charge in [-0.25, -0.2) is 18.4 Å². The molecular weight excluding hydrogens is 338 g/mol. The molecule has 25 heavy (non-hydrogen) atoms. The van der Waals surface area contributed by atoms with E-state index in [1.165, 1.54) is 12.1 Å². The molecule has 0 radical (unpaired) electrons. The number of benzene rings is 1. The van der Waals surface area contributed by atoms with Crippen molar-refractivity contribution in [3.63, 3.8) is 0 Å². The fourth-order valence-corrected chi connectivity index (χ4v) is 2.48. The fraction of sp³-hybridized carbons (Fsp3) is 0.312. The van der Waals surface area contributed by atoms with Gasteiger partial charge < -0.3 is 9.47 Å². The predicted molar refractivity (Wildman–Crippen MR) is 81.7 cm³/mol. The molecule has 1 fully saturated rings. The summed E-state index contributed by atoms with van der Waals surface area (Å²) < 4.78 is 39.1. The number of nitrogens with one attached hydrogen (secondary N) is 1. The first kappa shape index (κ1) is 17.0. The normalized spacial score (nSPS) is 25.7. The average molecular weight is 352 g/mol. The van der Waals surface area contributed by atoms with Crippen LogP contribution < -0.4 is 11.2 Å². The monoisotopic (exact) mass is 352 g/mol. The van der Waals surface area contributed by atoms with E-state index < -0.39 is 48.5 Å². The summed E-state index contributed by atoms with van der Waals surface area (Å²) in [5, 5.41) is 0. The number of aromatic amines is 1. The lowest BCUT2D eigenvalue weighted by atomic mass is 10.2. The maximum absolute atomic E-state index is 14.2. The highest BCUT2D eigenvalue weighted by Gasteiger charge is 2.47. The Hall–Kier alpha value is -2.81. The van der Waals surface area contributed by atoms with Crippen LogP contribution in [0, 0.1) is 0 Å². The van der Waals surface area contributed by atoms with Crippen LogP contribution in [0.3, 0.4) is 0 Å². The first-order valence-corrected chi connectivity index (χ1v) is 7.44. The van der Waals surface area contributed by atoms with Gasteiger partial charge in [-0.05, 0) is 12.1 Å². The van der Waals surface area contributed by atoms with Crippen LogP contribution in [-0.2, 0) is 9.47 Å². The Balaban J connectivity index is 1.69. The summed E-state index contributed by atoms with van der Waals surface area (Å²) in [5.74, 6) is -0.698. The van der Waals surface area contributed by atoms with Crippen molar-refractivity contribution in [1.29, 1.82) is 0 Å². The van der Waals surface area contributed by atoms with Gasteiger partial charge in [-0.3, -0.25) is 14.3 Å². The fourth-order valence-electron chi connectivity index (χ4n) is 2.48. The second kappa shape index (κ2) is 6.98. The number of hydrogen-bond donors (Lipinski definition) is 1. The molecule has 0 saturated carbocycles. The van der Waals surface area contributed by atoms with E-state index in [0.717, 1.165) is 16.8 Å². The summed E-state index contributed by atoms with van der Waals surface area (Å²) in [4.78, 5) is 36.5. The molecule has 0 unspecified atom stereocenters. The SMILES string of the molecule is O=C(OC[C@H]1O[C@@H](n2ccc(=O)[nH]c2=O)[C@@H](F)[C@H]1F)c1ccccc1. The van der Waals surface area contributed by atoms with Gasteiger partial charge in [-0.2, -0.15) is 0 Å². The van der Waals surface area contributed by atoms with Gasteiger partial charge in [0, 0.05) is 12.3 Å². The summed E-state index contributed by atoms with van der Waals surface area (Å²) in [6, 6.07) is 9.02. The number of hydrogen-bond acceptors (Lipinski definition) is 5. The van der Waals surface area contributed by atoms with E-state index in [1.54, 1.807) is 18.2 Å². The van der Waals surface area contributed by atoms with Crippen molar-refractivity contribution < 1.29 is 23.0 Å². The maximum atomic E-state index is 14.2. The molecule has 4 atom stereocenters. The highest BCUT2D eigenvalue weighted by Crippen LogP contribution is 2.33. The minimum atomic E-state index is -2.15. The van der Waals surface area contributed by atoms with Crippen LogP contribution >= 0.6 is 0 Å². The van der Waals surface area contributed by atoms with Gasteiger partial charge in [-0.15, -0.1) is 0 Å². The molecule has 1 aliphatic rings. The van der Waals surface area contributed by atoms with Crippen molar-refractivity contribution >= 4 is 5.97 Å². The minimum Gasteiger partial charge on any atom is -0.459 e. The summed E-state index contributed by atoms with van der Waals surface area (Å²) in [5.41, 5.74) is -1.32. The van der Waals surface area contributed by atoms with E-state index in [0.29, 0.717) is 0 Å². The van der Waals surface area contributed by atoms with E-state index in [-0.39, 0.29) is 5.56 Å². The van der Waals surface area contributed by atoms with Gasteiger partial charge in [0.15, 0.2) is 18.6 Å². The molecule has 1 aromatic carbocycles. The van der Waals surface area contributed by atoms with Crippen molar-refractivity contribution in [1.82, 2.24) is 9.55 Å². The van der Waals surface area contributed by atoms with Gasteiger partial charge in [0.05, 0.1) is 5.56 Å². The predicted octanol–water partition coefficient (Wildman–Crippen LogP) is 0.967. The molecule has 2 aromatic rings. The number of aromatic nitrogens is 2. The average Bonchev–Trinajstić information content (AvgIpc) is 2.89. The number of nitrogens with zero attached hydrogens (tertiary/aromatic N) is 1. The molecule has 0 spiro atoms. The molecule has 132 valence electrons. The van der Waals surface area contributed by atoms with Crippen LogP contribution in [0.1, 0.15) is 16.6 Å². The van der Waals surface area contributed by atoms with Crippen molar-refractivity contribution in [3.8, 4) is 0 Å². The summed E-state index contributed by atoms with van der Waals surface area (Å²) in [6.45, 7) is -0.510. The number of carbonyl (C=O) groups excluding carboxylic acids is 1. The number of ether oxygens (including phenoxy) is 2. The van der Waals surface area contributed by atoms with Crippen molar-refractivity contribution in [2.75, 3.05) is 6.61 Å². The molecular formula is C16H14F2N2O5. The van der Waals surface area contributed by atoms with E-state index in [1.807, 2.05) is 4.98 Å². The van der Waals surface area contributed by atoms with Crippen molar-refractivity contribution in [2.45, 2.75) is 24.7 Å². The molecule has 1 aliphatic heterocycles. The number of carbonyl (C=O) groups is 1. The topological polar surface area (TPSA) is 90.4 Å². The Morgan fingerprint density at radius 1 is 1.16 bits per heavy atom. The number of H-pyrrole nitrogens is 1. The van der Waals surface area contributed by atoms with Gasteiger partial charge >= 0.3 is 11.7 Å². The highest BCUT2D eigenvalue weighted by atomic mass is 19.2. The van der Waals surface area contributed by atoms with Crippen LogP contribution in [0.25, 0.3) is 0 Å². The molecule has 1 saturated heterocycles. The van der Waals surface area contributed by atoms with Crippen LogP contribution in [-0.4, -0.2) is 40.6 Å². The van der Waals surface area contributed by atoms with Gasteiger partial charge in [0.1, 0.15) is 12.7 Å². The van der Waals surface area contributed by atoms with Gasteiger partial charge in [0.2, 0.25) is 0 Å². The molecule has 7 nitrogen and oxygen atoms in total. The molecule has 0 aliphatic carbocycles. The van der Waals surface area contributed by atoms with Crippen LogP contribution in [0.5, 0.6) is 0 Å². The third kappa shape index (κ3) is 3.50. The lowest BCUT2D eigenvalue weighted by Gasteiger charge is -2.15. The Labute approximate surface area is 139 Å². The zero-order valence-corrected chi connectivity index (χ0v) is 12.8. The second-order valence-corrected chi connectivity index (χ2v) is 5.44. The molecule has 2 heterocycles. The molecule has 1 N–H and O–H groups in total. The van der Waals surface area contributed by atoms with Crippen molar-refractivity contribution in [2.24, 2.45) is 0 Å².